The standard InChI is InChI=1S/C23H35N3O5S2/c1-20-10-12-22(13-11-20)33(29,30)31-16-15-26-19-21(24-25-26)9-7-5-3-2-4-6-8-17-32-18-14-23(27)28/h10-13,19H,2-9,14-18H2,1H3,(H,27,28). The first-order chi connectivity index (χ1) is 15.9. The summed E-state index contributed by atoms with van der Waals surface area (Å²) in [6, 6.07) is 6.57. The van der Waals surface area contributed by atoms with Crippen LogP contribution in [0.5, 0.6) is 0 Å². The summed E-state index contributed by atoms with van der Waals surface area (Å²) in [5, 5.41) is 16.8. The van der Waals surface area contributed by atoms with Crippen LogP contribution in [0.1, 0.15) is 62.6 Å². The third-order valence-corrected chi connectivity index (χ3v) is 7.53. The molecule has 1 aromatic heterocycles. The van der Waals surface area contributed by atoms with E-state index in [1.54, 1.807) is 40.7 Å². The first kappa shape index (κ1) is 27.3. The summed E-state index contributed by atoms with van der Waals surface area (Å²) in [6.07, 6.45) is 11.2. The number of nitrogens with zero attached hydrogens (tertiary/aromatic N) is 3. The van der Waals surface area contributed by atoms with Crippen molar-refractivity contribution < 1.29 is 22.5 Å². The molecule has 10 heteroatoms. The van der Waals surface area contributed by atoms with E-state index >= 15 is 0 Å². The van der Waals surface area contributed by atoms with Gasteiger partial charge in [-0.05, 0) is 44.1 Å². The molecule has 2 rings (SSSR count). The number of benzene rings is 1. The van der Waals surface area contributed by atoms with Crippen molar-refractivity contribution in [1.82, 2.24) is 15.0 Å². The second-order valence-electron chi connectivity index (χ2n) is 8.04. The van der Waals surface area contributed by atoms with Gasteiger partial charge in [0.25, 0.3) is 10.1 Å². The number of aliphatic carboxylic acids is 1. The van der Waals surface area contributed by atoms with E-state index in [2.05, 4.69) is 10.3 Å². The summed E-state index contributed by atoms with van der Waals surface area (Å²) in [5.41, 5.74) is 1.90. The Kier molecular flexibility index (Phi) is 12.5. The molecule has 8 nitrogen and oxygen atoms in total. The van der Waals surface area contributed by atoms with Crippen LogP contribution in [0.25, 0.3) is 0 Å². The summed E-state index contributed by atoms with van der Waals surface area (Å²) in [4.78, 5) is 10.6. The van der Waals surface area contributed by atoms with Gasteiger partial charge in [-0.25, -0.2) is 4.68 Å². The Bertz CT molecular complexity index is 930. The van der Waals surface area contributed by atoms with Crippen LogP contribution in [0.15, 0.2) is 35.4 Å². The highest BCUT2D eigenvalue weighted by molar-refractivity contribution is 7.99. The molecule has 1 N–H and O–H groups in total. The highest BCUT2D eigenvalue weighted by atomic mass is 32.2. The van der Waals surface area contributed by atoms with Gasteiger partial charge in [-0.3, -0.25) is 8.98 Å². The quantitative estimate of drug-likeness (QED) is 0.237. The topological polar surface area (TPSA) is 111 Å². The van der Waals surface area contributed by atoms with Crippen LogP contribution in [-0.2, 0) is 32.1 Å². The van der Waals surface area contributed by atoms with E-state index in [0.29, 0.717) is 12.3 Å². The normalized spacial score (nSPS) is 11.7. The molecule has 0 spiro atoms. The minimum Gasteiger partial charge on any atom is -0.481 e. The van der Waals surface area contributed by atoms with Crippen LogP contribution in [-0.4, -0.2) is 52.6 Å². The predicted octanol–water partition coefficient (Wildman–Crippen LogP) is 4.47. The Morgan fingerprint density at radius 2 is 1.70 bits per heavy atom. The lowest BCUT2D eigenvalue weighted by Gasteiger charge is -2.05. The summed E-state index contributed by atoms with van der Waals surface area (Å²) in [5.74, 6) is 1.04. The van der Waals surface area contributed by atoms with Crippen LogP contribution in [0.2, 0.25) is 0 Å². The van der Waals surface area contributed by atoms with Gasteiger partial charge < -0.3 is 5.11 Å². The fourth-order valence-corrected chi connectivity index (χ4v) is 5.06. The van der Waals surface area contributed by atoms with Gasteiger partial charge in [0.05, 0.1) is 30.2 Å². The van der Waals surface area contributed by atoms with Crippen molar-refractivity contribution in [1.29, 1.82) is 0 Å². The number of carbonyl (C=O) groups is 1. The van der Waals surface area contributed by atoms with Crippen molar-refractivity contribution in [2.45, 2.75) is 76.2 Å². The molecule has 1 heterocycles. The molecule has 0 saturated carbocycles. The summed E-state index contributed by atoms with van der Waals surface area (Å²) >= 11 is 1.73. The van der Waals surface area contributed by atoms with E-state index in [1.165, 1.54) is 25.7 Å². The lowest BCUT2D eigenvalue weighted by molar-refractivity contribution is -0.136. The lowest BCUT2D eigenvalue weighted by Crippen LogP contribution is -2.12. The predicted molar refractivity (Wildman–Crippen MR) is 130 cm³/mol. The third-order valence-electron chi connectivity index (χ3n) is 5.14. The SMILES string of the molecule is Cc1ccc(S(=O)(=O)OCCn2cc(CCCCCCCCCSCCC(=O)O)nn2)cc1. The van der Waals surface area contributed by atoms with Crippen molar-refractivity contribution in [3.8, 4) is 0 Å². The van der Waals surface area contributed by atoms with Crippen LogP contribution in [0.4, 0.5) is 0 Å². The van der Waals surface area contributed by atoms with E-state index < -0.39 is 16.1 Å². The Balaban J connectivity index is 1.50. The molecular weight excluding hydrogens is 462 g/mol. The van der Waals surface area contributed by atoms with Crippen LogP contribution in [0, 0.1) is 6.92 Å². The highest BCUT2D eigenvalue weighted by Gasteiger charge is 2.14. The molecule has 2 aromatic rings. The first-order valence-corrected chi connectivity index (χ1v) is 14.1. The molecule has 0 unspecified atom stereocenters. The third kappa shape index (κ3) is 11.7. The number of carboxylic acids is 1. The average molecular weight is 498 g/mol. The van der Waals surface area contributed by atoms with Crippen molar-refractivity contribution in [2.24, 2.45) is 0 Å². The molecular formula is C23H35N3O5S2. The Hall–Kier alpha value is -1.91. The number of hydrogen-bond donors (Lipinski definition) is 1. The van der Waals surface area contributed by atoms with Crippen molar-refractivity contribution in [3.05, 3.63) is 41.7 Å². The van der Waals surface area contributed by atoms with Crippen LogP contribution >= 0.6 is 11.8 Å². The van der Waals surface area contributed by atoms with Gasteiger partial charge >= 0.3 is 5.97 Å². The van der Waals surface area contributed by atoms with E-state index in [0.717, 1.165) is 42.7 Å². The number of thioether (sulfide) groups is 1. The molecule has 0 aliphatic rings. The molecule has 33 heavy (non-hydrogen) atoms. The molecule has 0 bridgehead atoms. The molecule has 184 valence electrons. The number of aromatic nitrogens is 3. The summed E-state index contributed by atoms with van der Waals surface area (Å²) in [7, 11) is -3.76. The second-order valence-corrected chi connectivity index (χ2v) is 10.9. The fraction of sp³-hybridized carbons (Fsp3) is 0.609. The Morgan fingerprint density at radius 3 is 2.39 bits per heavy atom. The molecule has 0 radical (unpaired) electrons. The van der Waals surface area contributed by atoms with Crippen molar-refractivity contribution in [2.75, 3.05) is 18.1 Å². The Morgan fingerprint density at radius 1 is 1.03 bits per heavy atom. The van der Waals surface area contributed by atoms with Gasteiger partial charge in [0.2, 0.25) is 0 Å². The maximum Gasteiger partial charge on any atom is 0.304 e. The molecule has 0 fully saturated rings. The summed E-state index contributed by atoms with van der Waals surface area (Å²) < 4.78 is 31.1. The minimum atomic E-state index is -3.76. The number of aryl methyl sites for hydroxylation is 2. The van der Waals surface area contributed by atoms with Gasteiger partial charge in [-0.2, -0.15) is 20.2 Å². The Labute approximate surface area is 201 Å². The van der Waals surface area contributed by atoms with E-state index in [9.17, 15) is 13.2 Å². The van der Waals surface area contributed by atoms with Gasteiger partial charge in [-0.1, -0.05) is 55.0 Å². The number of unbranched alkanes of at least 4 members (excludes halogenated alkanes) is 6. The second kappa shape index (κ2) is 15.1. The van der Waals surface area contributed by atoms with Gasteiger partial charge in [0.15, 0.2) is 0 Å². The average Bonchev–Trinajstić information content (AvgIpc) is 3.22. The van der Waals surface area contributed by atoms with Gasteiger partial charge in [0, 0.05) is 11.9 Å². The smallest absolute Gasteiger partial charge is 0.304 e. The largest absolute Gasteiger partial charge is 0.481 e. The van der Waals surface area contributed by atoms with Crippen LogP contribution in [0.3, 0.4) is 0 Å². The summed E-state index contributed by atoms with van der Waals surface area (Å²) in [6.45, 7) is 2.24. The zero-order valence-corrected chi connectivity index (χ0v) is 21.0. The molecule has 0 aliphatic carbocycles. The maximum absolute atomic E-state index is 12.2. The van der Waals surface area contributed by atoms with Gasteiger partial charge in [0.1, 0.15) is 0 Å². The fourth-order valence-electron chi connectivity index (χ4n) is 3.23. The monoisotopic (exact) mass is 497 g/mol. The maximum atomic E-state index is 12.2. The molecule has 1 aromatic carbocycles. The zero-order valence-electron chi connectivity index (χ0n) is 19.3. The first-order valence-electron chi connectivity index (χ1n) is 11.5. The molecule has 0 amide bonds. The van der Waals surface area contributed by atoms with Crippen LogP contribution < -0.4 is 0 Å². The van der Waals surface area contributed by atoms with E-state index in [-0.39, 0.29) is 17.9 Å². The zero-order chi connectivity index (χ0) is 23.9. The van der Waals surface area contributed by atoms with Gasteiger partial charge in [-0.15, -0.1) is 5.10 Å². The van der Waals surface area contributed by atoms with E-state index in [1.807, 2.05) is 13.1 Å². The van der Waals surface area contributed by atoms with E-state index in [4.69, 9.17) is 9.29 Å². The molecule has 0 aliphatic heterocycles. The lowest BCUT2D eigenvalue weighted by atomic mass is 10.1. The minimum absolute atomic E-state index is 0.0110. The molecule has 0 atom stereocenters. The highest BCUT2D eigenvalue weighted by Crippen LogP contribution is 2.14. The molecule has 0 saturated heterocycles. The number of hydrogen-bond acceptors (Lipinski definition) is 7. The van der Waals surface area contributed by atoms with Crippen molar-refractivity contribution >= 4 is 27.8 Å². The number of rotatable bonds is 18. The van der Waals surface area contributed by atoms with Crippen molar-refractivity contribution in [3.63, 3.8) is 0 Å². The number of carboxylic acid groups (broad SMARTS) is 1.